The van der Waals surface area contributed by atoms with Crippen LogP contribution in [0.4, 0.5) is 10.5 Å². The van der Waals surface area contributed by atoms with Gasteiger partial charge in [-0.1, -0.05) is 0 Å². The minimum absolute atomic E-state index is 0.215. The van der Waals surface area contributed by atoms with Gasteiger partial charge in [-0.15, -0.1) is 0 Å². The minimum Gasteiger partial charge on any atom is -0.444 e. The van der Waals surface area contributed by atoms with Gasteiger partial charge in [0.1, 0.15) is 5.60 Å². The zero-order valence-electron chi connectivity index (χ0n) is 10.9. The van der Waals surface area contributed by atoms with Crippen LogP contribution in [0.15, 0.2) is 6.20 Å². The molecular weight excluding hydrogens is 220 g/mol. The number of nitrogens with two attached hydrogens (primary N) is 1. The fourth-order valence-electron chi connectivity index (χ4n) is 1.50. The SMILES string of the molecule is CC(N)c1c(NC(=O)OC(C)(C)C)cnn1C. The number of amides is 1. The number of anilines is 1. The van der Waals surface area contributed by atoms with Gasteiger partial charge in [0.2, 0.25) is 0 Å². The molecule has 3 N–H and O–H groups in total. The number of nitrogens with one attached hydrogen (secondary N) is 1. The van der Waals surface area contributed by atoms with Gasteiger partial charge in [-0.05, 0) is 27.7 Å². The third-order valence-corrected chi connectivity index (χ3v) is 2.05. The highest BCUT2D eigenvalue weighted by atomic mass is 16.6. The molecule has 0 aliphatic rings. The van der Waals surface area contributed by atoms with Crippen molar-refractivity contribution >= 4 is 11.8 Å². The highest BCUT2D eigenvalue weighted by Gasteiger charge is 2.19. The third kappa shape index (κ3) is 3.74. The highest BCUT2D eigenvalue weighted by Crippen LogP contribution is 2.20. The van der Waals surface area contributed by atoms with E-state index in [1.807, 2.05) is 27.7 Å². The van der Waals surface area contributed by atoms with Crippen LogP contribution in [0.5, 0.6) is 0 Å². The molecule has 1 amide bonds. The first-order chi connectivity index (χ1) is 7.70. The van der Waals surface area contributed by atoms with Crippen LogP contribution in [0.3, 0.4) is 0 Å². The number of rotatable bonds is 2. The molecule has 0 fully saturated rings. The van der Waals surface area contributed by atoms with Gasteiger partial charge in [0.05, 0.1) is 17.6 Å². The molecule has 0 aromatic carbocycles. The molecule has 1 atom stereocenters. The number of aryl methyl sites for hydroxylation is 1. The zero-order valence-corrected chi connectivity index (χ0v) is 10.9. The first-order valence-corrected chi connectivity index (χ1v) is 5.48. The van der Waals surface area contributed by atoms with Crippen LogP contribution in [0.1, 0.15) is 39.4 Å². The lowest BCUT2D eigenvalue weighted by Crippen LogP contribution is -2.27. The van der Waals surface area contributed by atoms with Crippen molar-refractivity contribution in [2.75, 3.05) is 5.32 Å². The summed E-state index contributed by atoms with van der Waals surface area (Å²) < 4.78 is 6.79. The lowest BCUT2D eigenvalue weighted by atomic mass is 10.2. The Hall–Kier alpha value is -1.56. The molecule has 1 rings (SSSR count). The summed E-state index contributed by atoms with van der Waals surface area (Å²) in [5.74, 6) is 0. The Bertz CT molecular complexity index is 404. The monoisotopic (exact) mass is 240 g/mol. The summed E-state index contributed by atoms with van der Waals surface area (Å²) >= 11 is 0. The highest BCUT2D eigenvalue weighted by molar-refractivity contribution is 5.85. The molecule has 0 radical (unpaired) electrons. The van der Waals surface area contributed by atoms with E-state index in [1.54, 1.807) is 17.9 Å². The van der Waals surface area contributed by atoms with Gasteiger partial charge in [0.15, 0.2) is 0 Å². The van der Waals surface area contributed by atoms with E-state index in [0.29, 0.717) is 5.69 Å². The normalized spacial score (nSPS) is 13.3. The maximum atomic E-state index is 11.6. The predicted octanol–water partition coefficient (Wildman–Crippen LogP) is 1.79. The van der Waals surface area contributed by atoms with Crippen LogP contribution < -0.4 is 11.1 Å². The number of carbonyl (C=O) groups excluding carboxylic acids is 1. The van der Waals surface area contributed by atoms with Crippen LogP contribution in [-0.2, 0) is 11.8 Å². The van der Waals surface area contributed by atoms with E-state index in [2.05, 4.69) is 10.4 Å². The van der Waals surface area contributed by atoms with Gasteiger partial charge in [0, 0.05) is 13.1 Å². The van der Waals surface area contributed by atoms with Crippen LogP contribution in [0.2, 0.25) is 0 Å². The summed E-state index contributed by atoms with van der Waals surface area (Å²) in [6, 6.07) is -0.215. The van der Waals surface area contributed by atoms with E-state index in [-0.39, 0.29) is 6.04 Å². The average molecular weight is 240 g/mol. The van der Waals surface area contributed by atoms with E-state index in [9.17, 15) is 4.79 Å². The van der Waals surface area contributed by atoms with Gasteiger partial charge in [-0.2, -0.15) is 5.10 Å². The lowest BCUT2D eigenvalue weighted by molar-refractivity contribution is 0.0636. The van der Waals surface area contributed by atoms with E-state index in [0.717, 1.165) is 5.69 Å². The van der Waals surface area contributed by atoms with Crippen molar-refractivity contribution in [1.82, 2.24) is 9.78 Å². The van der Waals surface area contributed by atoms with Crippen LogP contribution in [0.25, 0.3) is 0 Å². The van der Waals surface area contributed by atoms with E-state index in [1.165, 1.54) is 0 Å². The number of hydrogen-bond acceptors (Lipinski definition) is 4. The molecular formula is C11H20N4O2. The molecule has 0 saturated heterocycles. The van der Waals surface area contributed by atoms with E-state index in [4.69, 9.17) is 10.5 Å². The van der Waals surface area contributed by atoms with Crippen LogP contribution >= 0.6 is 0 Å². The fourth-order valence-corrected chi connectivity index (χ4v) is 1.50. The number of ether oxygens (including phenoxy) is 1. The quantitative estimate of drug-likeness (QED) is 0.825. The Morgan fingerprint density at radius 1 is 1.59 bits per heavy atom. The average Bonchev–Trinajstić information content (AvgIpc) is 2.42. The minimum atomic E-state index is -0.527. The van der Waals surface area contributed by atoms with Gasteiger partial charge in [0.25, 0.3) is 0 Å². The third-order valence-electron chi connectivity index (χ3n) is 2.05. The molecule has 1 aromatic heterocycles. The fraction of sp³-hybridized carbons (Fsp3) is 0.636. The maximum absolute atomic E-state index is 11.6. The number of aromatic nitrogens is 2. The lowest BCUT2D eigenvalue weighted by Gasteiger charge is -2.20. The molecule has 96 valence electrons. The summed E-state index contributed by atoms with van der Waals surface area (Å²) in [4.78, 5) is 11.6. The maximum Gasteiger partial charge on any atom is 0.412 e. The summed E-state index contributed by atoms with van der Waals surface area (Å²) in [5, 5.41) is 6.70. The molecule has 17 heavy (non-hydrogen) atoms. The molecule has 1 heterocycles. The van der Waals surface area contributed by atoms with Gasteiger partial charge in [-0.3, -0.25) is 10.00 Å². The zero-order chi connectivity index (χ0) is 13.2. The number of carbonyl (C=O) groups is 1. The number of hydrogen-bond donors (Lipinski definition) is 2. The van der Waals surface area contributed by atoms with Crippen molar-refractivity contribution in [3.05, 3.63) is 11.9 Å². The molecule has 0 spiro atoms. The Labute approximate surface area is 101 Å². The Kier molecular flexibility index (Phi) is 3.77. The first kappa shape index (κ1) is 13.5. The predicted molar refractivity (Wildman–Crippen MR) is 65.7 cm³/mol. The topological polar surface area (TPSA) is 82.2 Å². The smallest absolute Gasteiger partial charge is 0.412 e. The van der Waals surface area contributed by atoms with E-state index >= 15 is 0 Å². The van der Waals surface area contributed by atoms with Crippen molar-refractivity contribution in [3.8, 4) is 0 Å². The first-order valence-electron chi connectivity index (χ1n) is 5.48. The van der Waals surface area contributed by atoms with Crippen molar-refractivity contribution in [2.24, 2.45) is 12.8 Å². The molecule has 0 bridgehead atoms. The van der Waals surface area contributed by atoms with Crippen LogP contribution in [0, 0.1) is 0 Å². The Morgan fingerprint density at radius 3 is 2.65 bits per heavy atom. The summed E-state index contributed by atoms with van der Waals surface area (Å²) in [6.07, 6.45) is 1.05. The second-order valence-electron chi connectivity index (χ2n) is 4.98. The van der Waals surface area contributed by atoms with Crippen molar-refractivity contribution in [1.29, 1.82) is 0 Å². The van der Waals surface area contributed by atoms with Crippen LogP contribution in [-0.4, -0.2) is 21.5 Å². The van der Waals surface area contributed by atoms with Gasteiger partial charge in [-0.25, -0.2) is 4.79 Å². The molecule has 1 aromatic rings. The standard InChI is InChI=1S/C11H20N4O2/c1-7(12)9-8(6-13-15(9)5)14-10(16)17-11(2,3)4/h6-7H,12H2,1-5H3,(H,14,16). The largest absolute Gasteiger partial charge is 0.444 e. The second-order valence-corrected chi connectivity index (χ2v) is 4.98. The van der Waals surface area contributed by atoms with Gasteiger partial charge < -0.3 is 10.5 Å². The van der Waals surface area contributed by atoms with E-state index < -0.39 is 11.7 Å². The van der Waals surface area contributed by atoms with Crippen molar-refractivity contribution < 1.29 is 9.53 Å². The molecule has 0 aliphatic carbocycles. The summed E-state index contributed by atoms with van der Waals surface area (Å²) in [7, 11) is 1.78. The second kappa shape index (κ2) is 4.75. The molecule has 1 unspecified atom stereocenters. The summed E-state index contributed by atoms with van der Waals surface area (Å²) in [5.41, 5.74) is 6.62. The van der Waals surface area contributed by atoms with Gasteiger partial charge >= 0.3 is 6.09 Å². The summed E-state index contributed by atoms with van der Waals surface area (Å²) in [6.45, 7) is 7.25. The molecule has 6 nitrogen and oxygen atoms in total. The molecule has 0 saturated carbocycles. The van der Waals surface area contributed by atoms with Crippen molar-refractivity contribution in [3.63, 3.8) is 0 Å². The number of nitrogens with zero attached hydrogens (tertiary/aromatic N) is 2. The molecule has 0 aliphatic heterocycles. The van der Waals surface area contributed by atoms with Crippen molar-refractivity contribution in [2.45, 2.75) is 39.3 Å². The molecule has 6 heteroatoms. The Morgan fingerprint density at radius 2 is 2.18 bits per heavy atom. The Balaban J connectivity index is 2.79.